The molecule has 0 amide bonds. The fraction of sp³-hybridized carbons (Fsp3) is 0.800. The molecule has 0 aliphatic carbocycles. The molecule has 7 heavy (non-hydrogen) atoms. The molecule has 0 fully saturated rings. The van der Waals surface area contributed by atoms with E-state index in [4.69, 9.17) is 10.2 Å². The van der Waals surface area contributed by atoms with Crippen LogP contribution in [0, 0.1) is 6.42 Å². The van der Waals surface area contributed by atoms with Crippen LogP contribution in [0.5, 0.6) is 0 Å². The third-order valence-electron chi connectivity index (χ3n) is 0.637. The van der Waals surface area contributed by atoms with Gasteiger partial charge in [0.1, 0.15) is 0 Å². The van der Waals surface area contributed by atoms with E-state index in [1.807, 2.05) is 0 Å². The van der Waals surface area contributed by atoms with Gasteiger partial charge in [-0.15, -0.1) is 0 Å². The van der Waals surface area contributed by atoms with Crippen LogP contribution in [0.4, 0.5) is 0 Å². The van der Waals surface area contributed by atoms with Crippen molar-refractivity contribution < 1.29 is 10.2 Å². The quantitative estimate of drug-likeness (QED) is 0.526. The minimum absolute atomic E-state index is 0.0604. The molecule has 0 aromatic heterocycles. The maximum Gasteiger partial charge on any atom is 0.0515 e. The third-order valence-corrected chi connectivity index (χ3v) is 0.637. The van der Waals surface area contributed by atoms with E-state index in [0.29, 0.717) is 6.42 Å². The molecule has 2 heteroatoms. The fourth-order valence-electron chi connectivity index (χ4n) is 0.316. The Morgan fingerprint density at radius 2 is 2.29 bits per heavy atom. The Hall–Kier alpha value is -0.0800. The second-order valence-corrected chi connectivity index (χ2v) is 1.56. The van der Waals surface area contributed by atoms with Crippen LogP contribution in [0.1, 0.15) is 13.3 Å². The van der Waals surface area contributed by atoms with E-state index in [1.54, 1.807) is 13.3 Å². The molecule has 1 unspecified atom stereocenters. The predicted molar refractivity (Wildman–Crippen MR) is 27.7 cm³/mol. The molecule has 0 bridgehead atoms. The van der Waals surface area contributed by atoms with Crippen LogP contribution in [0.2, 0.25) is 0 Å². The Labute approximate surface area is 43.8 Å². The smallest absolute Gasteiger partial charge is 0.0515 e. The summed E-state index contributed by atoms with van der Waals surface area (Å²) in [5.41, 5.74) is 0. The summed E-state index contributed by atoms with van der Waals surface area (Å²) in [5, 5.41) is 16.7. The minimum atomic E-state index is -0.313. The van der Waals surface area contributed by atoms with Gasteiger partial charge < -0.3 is 10.2 Å². The summed E-state index contributed by atoms with van der Waals surface area (Å²) in [6, 6.07) is 0. The summed E-state index contributed by atoms with van der Waals surface area (Å²) in [6.07, 6.45) is 1.90. The summed E-state index contributed by atoms with van der Waals surface area (Å²) in [6.45, 7) is 1.75. The normalized spacial score (nSPS) is 14.1. The van der Waals surface area contributed by atoms with Crippen molar-refractivity contribution in [1.29, 1.82) is 0 Å². The second-order valence-electron chi connectivity index (χ2n) is 1.56. The van der Waals surface area contributed by atoms with Gasteiger partial charge in [-0.05, 0) is 19.8 Å². The van der Waals surface area contributed by atoms with Crippen molar-refractivity contribution in [2.24, 2.45) is 0 Å². The Bertz CT molecular complexity index is 35.1. The highest BCUT2D eigenvalue weighted by Crippen LogP contribution is 1.90. The molecule has 1 radical (unpaired) electrons. The van der Waals surface area contributed by atoms with Crippen LogP contribution < -0.4 is 0 Å². The van der Waals surface area contributed by atoms with Crippen molar-refractivity contribution in [2.75, 3.05) is 6.61 Å². The lowest BCUT2D eigenvalue weighted by Crippen LogP contribution is -2.00. The number of hydrogen-bond donors (Lipinski definition) is 2. The lowest BCUT2D eigenvalue weighted by molar-refractivity contribution is 0.186. The Morgan fingerprint density at radius 3 is 2.43 bits per heavy atom. The van der Waals surface area contributed by atoms with E-state index in [2.05, 4.69) is 0 Å². The molecule has 0 aliphatic rings. The average Bonchev–Trinajstić information content (AvgIpc) is 1.61. The topological polar surface area (TPSA) is 40.5 Å². The highest BCUT2D eigenvalue weighted by molar-refractivity contribution is 4.64. The van der Waals surface area contributed by atoms with Gasteiger partial charge in [0.05, 0.1) is 6.10 Å². The Morgan fingerprint density at radius 1 is 1.71 bits per heavy atom. The third kappa shape index (κ3) is 5.92. The van der Waals surface area contributed by atoms with E-state index < -0.39 is 0 Å². The molecule has 2 nitrogen and oxygen atoms in total. The molecule has 0 aromatic rings. The van der Waals surface area contributed by atoms with Gasteiger partial charge in [-0.3, -0.25) is 0 Å². The van der Waals surface area contributed by atoms with Gasteiger partial charge in [0, 0.05) is 6.61 Å². The number of rotatable bonds is 3. The summed E-state index contributed by atoms with van der Waals surface area (Å²) in [4.78, 5) is 0. The van der Waals surface area contributed by atoms with E-state index in [9.17, 15) is 0 Å². The molecule has 0 saturated heterocycles. The molecule has 0 rings (SSSR count). The van der Waals surface area contributed by atoms with Gasteiger partial charge in [-0.25, -0.2) is 0 Å². The van der Waals surface area contributed by atoms with Crippen LogP contribution in [0.3, 0.4) is 0 Å². The summed E-state index contributed by atoms with van der Waals surface area (Å²) in [5.74, 6) is 0. The van der Waals surface area contributed by atoms with Gasteiger partial charge >= 0.3 is 0 Å². The molecule has 0 saturated carbocycles. The molecule has 43 valence electrons. The van der Waals surface area contributed by atoms with Crippen LogP contribution >= 0.6 is 0 Å². The molecule has 1 atom stereocenters. The molecule has 0 aromatic carbocycles. The van der Waals surface area contributed by atoms with Gasteiger partial charge in [0.15, 0.2) is 0 Å². The molecule has 0 heterocycles. The molecular formula is C5H11O2. The van der Waals surface area contributed by atoms with E-state index in [0.717, 1.165) is 0 Å². The average molecular weight is 103 g/mol. The highest BCUT2D eigenvalue weighted by Gasteiger charge is 1.91. The van der Waals surface area contributed by atoms with Crippen molar-refractivity contribution in [2.45, 2.75) is 19.4 Å². The van der Waals surface area contributed by atoms with Crippen molar-refractivity contribution in [3.8, 4) is 0 Å². The lowest BCUT2D eigenvalue weighted by atomic mass is 10.2. The molecular weight excluding hydrogens is 92.1 g/mol. The number of aliphatic hydroxyl groups is 2. The SMILES string of the molecule is CC(O)C[CH]CO. The maximum absolute atomic E-state index is 8.54. The predicted octanol–water partition coefficient (Wildman–Crippen LogP) is -0.0461. The van der Waals surface area contributed by atoms with Crippen LogP contribution in [-0.4, -0.2) is 22.9 Å². The van der Waals surface area contributed by atoms with Crippen molar-refractivity contribution >= 4 is 0 Å². The van der Waals surface area contributed by atoms with E-state index in [1.165, 1.54) is 0 Å². The van der Waals surface area contributed by atoms with E-state index >= 15 is 0 Å². The van der Waals surface area contributed by atoms with Gasteiger partial charge in [0.2, 0.25) is 0 Å². The lowest BCUT2D eigenvalue weighted by Gasteiger charge is -1.97. The van der Waals surface area contributed by atoms with Crippen LogP contribution in [-0.2, 0) is 0 Å². The number of hydrogen-bond acceptors (Lipinski definition) is 2. The second kappa shape index (κ2) is 4.09. The van der Waals surface area contributed by atoms with Crippen molar-refractivity contribution in [1.82, 2.24) is 0 Å². The zero-order valence-corrected chi connectivity index (χ0v) is 4.46. The first-order chi connectivity index (χ1) is 3.27. The Kier molecular flexibility index (Phi) is 4.04. The van der Waals surface area contributed by atoms with Gasteiger partial charge in [0.25, 0.3) is 0 Å². The summed E-state index contributed by atoms with van der Waals surface area (Å²) >= 11 is 0. The minimum Gasteiger partial charge on any atom is -0.396 e. The van der Waals surface area contributed by atoms with Crippen LogP contribution in [0.25, 0.3) is 0 Å². The molecule has 0 aliphatic heterocycles. The first-order valence-electron chi connectivity index (χ1n) is 2.38. The van der Waals surface area contributed by atoms with E-state index in [-0.39, 0.29) is 12.7 Å². The maximum atomic E-state index is 8.54. The zero-order chi connectivity index (χ0) is 5.70. The van der Waals surface area contributed by atoms with Crippen molar-refractivity contribution in [3.05, 3.63) is 6.42 Å². The summed E-state index contributed by atoms with van der Waals surface area (Å²) < 4.78 is 0. The molecule has 2 N–H and O–H groups in total. The molecule has 0 spiro atoms. The first-order valence-corrected chi connectivity index (χ1v) is 2.38. The largest absolute Gasteiger partial charge is 0.396 e. The number of aliphatic hydroxyl groups excluding tert-OH is 2. The monoisotopic (exact) mass is 103 g/mol. The Balaban J connectivity index is 2.68. The highest BCUT2D eigenvalue weighted by atomic mass is 16.3. The van der Waals surface area contributed by atoms with Crippen LogP contribution in [0.15, 0.2) is 0 Å². The standard InChI is InChI=1S/C5H11O2/c1-5(7)3-2-4-6/h2,5-7H,3-4H2,1H3. The zero-order valence-electron chi connectivity index (χ0n) is 4.46. The fourth-order valence-corrected chi connectivity index (χ4v) is 0.316. The van der Waals surface area contributed by atoms with Gasteiger partial charge in [-0.2, -0.15) is 0 Å². The van der Waals surface area contributed by atoms with Gasteiger partial charge in [-0.1, -0.05) is 0 Å². The first kappa shape index (κ1) is 6.92. The van der Waals surface area contributed by atoms with Crippen molar-refractivity contribution in [3.63, 3.8) is 0 Å². The summed E-state index contributed by atoms with van der Waals surface area (Å²) in [7, 11) is 0.